The quantitative estimate of drug-likeness (QED) is 0.640. The Hall–Kier alpha value is -2.25. The maximum Gasteiger partial charge on any atom is 0.286 e. The van der Waals surface area contributed by atoms with Crippen molar-refractivity contribution in [1.82, 2.24) is 5.32 Å². The second-order valence-electron chi connectivity index (χ2n) is 4.65. The van der Waals surface area contributed by atoms with Crippen LogP contribution in [0.1, 0.15) is 12.5 Å². The lowest BCUT2D eigenvalue weighted by Gasteiger charge is -2.12. The molecule has 0 unspecified atom stereocenters. The lowest BCUT2D eigenvalue weighted by Crippen LogP contribution is -2.23. The minimum absolute atomic E-state index is 0.253. The first-order valence-electron chi connectivity index (χ1n) is 6.86. The first-order valence-corrected chi connectivity index (χ1v) is 8.05. The Morgan fingerprint density at radius 3 is 2.88 bits per heavy atom. The minimum Gasteiger partial charge on any atom is -0.493 e. The molecular weight excluding hydrogens is 352 g/mol. The molecule has 6 nitrogen and oxygen atoms in total. The molecule has 0 fully saturated rings. The van der Waals surface area contributed by atoms with Crippen LogP contribution in [0.2, 0.25) is 5.02 Å². The molecule has 1 aromatic rings. The van der Waals surface area contributed by atoms with Crippen LogP contribution < -0.4 is 14.8 Å². The van der Waals surface area contributed by atoms with E-state index in [0.717, 1.165) is 11.8 Å². The topological polar surface area (TPSA) is 77.0 Å². The van der Waals surface area contributed by atoms with E-state index in [4.69, 9.17) is 21.1 Å². The van der Waals surface area contributed by atoms with Gasteiger partial charge >= 0.3 is 0 Å². The average Bonchev–Trinajstić information content (AvgIpc) is 2.84. The van der Waals surface area contributed by atoms with Crippen molar-refractivity contribution < 1.29 is 19.1 Å². The molecule has 8 heteroatoms. The van der Waals surface area contributed by atoms with E-state index in [9.17, 15) is 9.59 Å². The van der Waals surface area contributed by atoms with Gasteiger partial charge in [-0.1, -0.05) is 24.3 Å². The van der Waals surface area contributed by atoms with Gasteiger partial charge in [0.25, 0.3) is 5.91 Å². The predicted molar refractivity (Wildman–Crippen MR) is 95.5 cm³/mol. The van der Waals surface area contributed by atoms with Gasteiger partial charge in [0, 0.05) is 6.92 Å². The highest BCUT2D eigenvalue weighted by atomic mass is 35.5. The zero-order chi connectivity index (χ0) is 17.7. The van der Waals surface area contributed by atoms with Gasteiger partial charge in [-0.25, -0.2) is 0 Å². The third-order valence-electron chi connectivity index (χ3n) is 2.80. The molecule has 126 valence electrons. The van der Waals surface area contributed by atoms with Gasteiger partial charge in [0.15, 0.2) is 16.7 Å². The van der Waals surface area contributed by atoms with Gasteiger partial charge in [0.05, 0.1) is 17.0 Å². The predicted octanol–water partition coefficient (Wildman–Crippen LogP) is 3.02. The Balaban J connectivity index is 2.27. The van der Waals surface area contributed by atoms with E-state index >= 15 is 0 Å². The number of nitrogens with one attached hydrogen (secondary N) is 1. The summed E-state index contributed by atoms with van der Waals surface area (Å²) in [4.78, 5) is 27.1. The number of methoxy groups -OCH3 is 1. The third-order valence-corrected chi connectivity index (χ3v) is 3.98. The van der Waals surface area contributed by atoms with Gasteiger partial charge in [-0.2, -0.15) is 4.99 Å². The monoisotopic (exact) mass is 366 g/mol. The molecule has 0 aromatic heterocycles. The summed E-state index contributed by atoms with van der Waals surface area (Å²) in [6, 6.07) is 3.35. The number of benzene rings is 1. The fraction of sp³-hybridized carbons (Fsp3) is 0.188. The molecule has 24 heavy (non-hydrogen) atoms. The summed E-state index contributed by atoms with van der Waals surface area (Å²) >= 11 is 7.30. The Morgan fingerprint density at radius 1 is 1.50 bits per heavy atom. The number of hydrogen-bond acceptors (Lipinski definition) is 5. The Labute approximate surface area is 148 Å². The standard InChI is InChI=1S/C16H15ClN2O4S/c1-4-5-23-14-11(17)6-10(7-12(14)22-3)8-13-15(21)19-16(24-13)18-9(2)20/h4,6-8H,1,5H2,2-3H3,(H,18,19,20,21)/b13-8-. The second kappa shape index (κ2) is 8.03. The summed E-state index contributed by atoms with van der Waals surface area (Å²) in [5, 5.41) is 3.09. The lowest BCUT2D eigenvalue weighted by molar-refractivity contribution is -0.117. The fourth-order valence-electron chi connectivity index (χ4n) is 1.87. The third kappa shape index (κ3) is 4.39. The van der Waals surface area contributed by atoms with E-state index < -0.39 is 5.91 Å². The number of halogens is 1. The number of ether oxygens (including phenoxy) is 2. The van der Waals surface area contributed by atoms with Gasteiger partial charge in [-0.05, 0) is 35.5 Å². The van der Waals surface area contributed by atoms with Crippen LogP contribution in [0.25, 0.3) is 6.08 Å². The SMILES string of the molecule is C=CCOc1c(Cl)cc(/C=C2\SC(NC(C)=O)=NC2=O)cc1OC. The van der Waals surface area contributed by atoms with E-state index in [1.807, 2.05) is 0 Å². The van der Waals surface area contributed by atoms with E-state index in [2.05, 4.69) is 16.9 Å². The van der Waals surface area contributed by atoms with Crippen molar-refractivity contribution in [3.05, 3.63) is 40.3 Å². The van der Waals surface area contributed by atoms with Crippen molar-refractivity contribution in [2.24, 2.45) is 4.99 Å². The molecule has 2 rings (SSSR count). The zero-order valence-electron chi connectivity index (χ0n) is 13.1. The molecule has 1 heterocycles. The molecule has 0 bridgehead atoms. The summed E-state index contributed by atoms with van der Waals surface area (Å²) in [7, 11) is 1.50. The summed E-state index contributed by atoms with van der Waals surface area (Å²) < 4.78 is 10.8. The molecule has 1 aliphatic heterocycles. The highest BCUT2D eigenvalue weighted by Crippen LogP contribution is 2.38. The van der Waals surface area contributed by atoms with E-state index in [0.29, 0.717) is 33.6 Å². The van der Waals surface area contributed by atoms with Gasteiger partial charge in [-0.3, -0.25) is 9.59 Å². The van der Waals surface area contributed by atoms with Gasteiger partial charge in [0.2, 0.25) is 5.91 Å². The van der Waals surface area contributed by atoms with E-state index in [-0.39, 0.29) is 11.1 Å². The number of thioether (sulfide) groups is 1. The Bertz CT molecular complexity index is 759. The molecule has 0 saturated heterocycles. The number of nitrogens with zero attached hydrogens (tertiary/aromatic N) is 1. The summed E-state index contributed by atoms with van der Waals surface area (Å²) in [5.41, 5.74) is 0.651. The maximum absolute atomic E-state index is 11.9. The van der Waals surface area contributed by atoms with Crippen molar-refractivity contribution in [2.45, 2.75) is 6.92 Å². The van der Waals surface area contributed by atoms with Crippen LogP contribution in [0.4, 0.5) is 0 Å². The number of amides is 2. The normalized spacial score (nSPS) is 15.2. The molecule has 0 aliphatic carbocycles. The van der Waals surface area contributed by atoms with E-state index in [1.165, 1.54) is 14.0 Å². The molecule has 0 radical (unpaired) electrons. The summed E-state index contributed by atoms with van der Waals surface area (Å²) in [6.07, 6.45) is 3.22. The molecule has 1 aliphatic rings. The van der Waals surface area contributed by atoms with Crippen molar-refractivity contribution in [3.63, 3.8) is 0 Å². The largest absolute Gasteiger partial charge is 0.493 e. The molecule has 2 amide bonds. The highest BCUT2D eigenvalue weighted by Gasteiger charge is 2.23. The smallest absolute Gasteiger partial charge is 0.286 e. The van der Waals surface area contributed by atoms with Crippen molar-refractivity contribution in [2.75, 3.05) is 13.7 Å². The van der Waals surface area contributed by atoms with Gasteiger partial charge in [-0.15, -0.1) is 0 Å². The Morgan fingerprint density at radius 2 is 2.25 bits per heavy atom. The summed E-state index contributed by atoms with van der Waals surface area (Å²) in [6.45, 7) is 5.22. The number of carbonyl (C=O) groups is 2. The van der Waals surface area contributed by atoms with Gasteiger partial charge in [0.1, 0.15) is 6.61 Å². The van der Waals surface area contributed by atoms with Crippen molar-refractivity contribution in [3.8, 4) is 11.5 Å². The van der Waals surface area contributed by atoms with Crippen LogP contribution in [0.5, 0.6) is 11.5 Å². The van der Waals surface area contributed by atoms with Crippen molar-refractivity contribution in [1.29, 1.82) is 0 Å². The van der Waals surface area contributed by atoms with Crippen LogP contribution in [-0.4, -0.2) is 30.7 Å². The zero-order valence-corrected chi connectivity index (χ0v) is 14.7. The molecule has 1 aromatic carbocycles. The number of rotatable bonds is 5. The number of carbonyl (C=O) groups excluding carboxylic acids is 2. The number of amidine groups is 1. The number of hydrogen-bond donors (Lipinski definition) is 1. The summed E-state index contributed by atoms with van der Waals surface area (Å²) in [5.74, 6) is 0.131. The van der Waals surface area contributed by atoms with Crippen LogP contribution in [-0.2, 0) is 9.59 Å². The van der Waals surface area contributed by atoms with Crippen LogP contribution >= 0.6 is 23.4 Å². The van der Waals surface area contributed by atoms with Crippen LogP contribution in [0, 0.1) is 0 Å². The maximum atomic E-state index is 11.9. The average molecular weight is 367 g/mol. The molecule has 0 atom stereocenters. The van der Waals surface area contributed by atoms with E-state index in [1.54, 1.807) is 24.3 Å². The Kier molecular flexibility index (Phi) is 6.05. The minimum atomic E-state index is -0.425. The molecule has 1 N–H and O–H groups in total. The lowest BCUT2D eigenvalue weighted by atomic mass is 10.2. The second-order valence-corrected chi connectivity index (χ2v) is 6.09. The highest BCUT2D eigenvalue weighted by molar-refractivity contribution is 8.18. The van der Waals surface area contributed by atoms with Crippen LogP contribution in [0.15, 0.2) is 34.7 Å². The van der Waals surface area contributed by atoms with Crippen molar-refractivity contribution >= 4 is 46.4 Å². The van der Waals surface area contributed by atoms with Crippen LogP contribution in [0.3, 0.4) is 0 Å². The van der Waals surface area contributed by atoms with Gasteiger partial charge < -0.3 is 14.8 Å². The molecule has 0 spiro atoms. The first-order chi connectivity index (χ1) is 11.4. The molecular formula is C16H15ClN2O4S. The molecule has 0 saturated carbocycles. The first kappa shape index (κ1) is 18.1. The number of aliphatic imine (C=N–C) groups is 1. The fourth-order valence-corrected chi connectivity index (χ4v) is 3.00.